The van der Waals surface area contributed by atoms with Crippen molar-refractivity contribution < 1.29 is 19.0 Å². The molecule has 7 nitrogen and oxygen atoms in total. The molecule has 0 saturated carbocycles. The van der Waals surface area contributed by atoms with Crippen molar-refractivity contribution in [3.05, 3.63) is 59.4 Å². The number of aromatic nitrogens is 2. The Kier molecular flexibility index (Phi) is 6.05. The molecule has 1 atom stereocenters. The first kappa shape index (κ1) is 18.9. The predicted molar refractivity (Wildman–Crippen MR) is 102 cm³/mol. The number of ether oxygens (including phenoxy) is 1. The first-order valence-electron chi connectivity index (χ1n) is 8.37. The van der Waals surface area contributed by atoms with E-state index in [4.69, 9.17) is 20.9 Å². The Morgan fingerprint density at radius 2 is 2.04 bits per heavy atom. The van der Waals surface area contributed by atoms with E-state index >= 15 is 0 Å². The molecule has 0 spiro atoms. The quantitative estimate of drug-likeness (QED) is 0.648. The van der Waals surface area contributed by atoms with Gasteiger partial charge in [-0.3, -0.25) is 4.79 Å². The van der Waals surface area contributed by atoms with Crippen LogP contribution in [-0.2, 0) is 11.3 Å². The minimum Gasteiger partial charge on any atom is -0.497 e. The Bertz CT molecular complexity index is 911. The summed E-state index contributed by atoms with van der Waals surface area (Å²) in [5.41, 5.74) is 1.50. The lowest BCUT2D eigenvalue weighted by Gasteiger charge is -2.11. The summed E-state index contributed by atoms with van der Waals surface area (Å²) in [4.78, 5) is 17.5. The van der Waals surface area contributed by atoms with E-state index in [1.54, 1.807) is 43.5 Å². The average molecular weight is 388 g/mol. The fourth-order valence-corrected chi connectivity index (χ4v) is 2.74. The smallest absolute Gasteiger partial charge is 0.282 e. The molecule has 0 aliphatic heterocycles. The normalized spacial score (nSPS) is 11.8. The van der Waals surface area contributed by atoms with Crippen LogP contribution in [0.4, 0.5) is 5.69 Å². The zero-order valence-electron chi connectivity index (χ0n) is 15.0. The number of carbonyl (C=O) groups excluding carboxylic acids is 1. The first-order chi connectivity index (χ1) is 13.0. The van der Waals surface area contributed by atoms with Gasteiger partial charge in [0, 0.05) is 16.3 Å². The lowest BCUT2D eigenvalue weighted by molar-refractivity contribution is -0.886. The molecule has 0 radical (unpaired) electrons. The second-order valence-corrected chi connectivity index (χ2v) is 6.55. The Morgan fingerprint density at radius 3 is 2.74 bits per heavy atom. The number of carbonyl (C=O) groups is 1. The second-order valence-electron chi connectivity index (χ2n) is 6.11. The Balaban J connectivity index is 1.54. The number of hydrogen-bond donors (Lipinski definition) is 2. The highest BCUT2D eigenvalue weighted by Gasteiger charge is 2.16. The van der Waals surface area contributed by atoms with E-state index in [0.717, 1.165) is 21.9 Å². The molecule has 8 heteroatoms. The molecule has 140 valence electrons. The lowest BCUT2D eigenvalue weighted by atomic mass is 10.2. The van der Waals surface area contributed by atoms with Gasteiger partial charge in [-0.05, 0) is 36.4 Å². The summed E-state index contributed by atoms with van der Waals surface area (Å²) >= 11 is 5.98. The fourth-order valence-electron chi connectivity index (χ4n) is 2.55. The maximum atomic E-state index is 12.2. The van der Waals surface area contributed by atoms with E-state index in [2.05, 4.69) is 15.5 Å². The van der Waals surface area contributed by atoms with Crippen molar-refractivity contribution >= 4 is 23.2 Å². The lowest BCUT2D eigenvalue weighted by Crippen LogP contribution is -3.08. The minimum atomic E-state index is -0.104. The molecule has 1 heterocycles. The van der Waals surface area contributed by atoms with Gasteiger partial charge in [0.2, 0.25) is 5.82 Å². The van der Waals surface area contributed by atoms with Gasteiger partial charge in [-0.2, -0.15) is 4.98 Å². The van der Waals surface area contributed by atoms with Gasteiger partial charge in [-0.15, -0.1) is 0 Å². The number of anilines is 1. The zero-order chi connectivity index (χ0) is 19.2. The fraction of sp³-hybridized carbons (Fsp3) is 0.211. The molecule has 3 aromatic rings. The van der Waals surface area contributed by atoms with Crippen LogP contribution in [0.25, 0.3) is 11.4 Å². The summed E-state index contributed by atoms with van der Waals surface area (Å²) in [6, 6.07) is 14.4. The number of likely N-dealkylation sites (N-methyl/N-ethyl adjacent to an activating group) is 1. The molecule has 2 N–H and O–H groups in total. The second kappa shape index (κ2) is 8.66. The van der Waals surface area contributed by atoms with Gasteiger partial charge in [0.15, 0.2) is 13.1 Å². The van der Waals surface area contributed by atoms with Crippen LogP contribution in [0.15, 0.2) is 53.1 Å². The molecule has 0 bridgehead atoms. The SMILES string of the molecule is COc1ccc(NC(=O)C[NH+](C)Cc2nc(-c3cccc(Cl)c3)no2)cc1. The molecule has 0 saturated heterocycles. The van der Waals surface area contributed by atoms with Gasteiger partial charge in [0.05, 0.1) is 14.2 Å². The molecule has 1 aromatic heterocycles. The largest absolute Gasteiger partial charge is 0.497 e. The molecule has 27 heavy (non-hydrogen) atoms. The topological polar surface area (TPSA) is 81.7 Å². The zero-order valence-corrected chi connectivity index (χ0v) is 15.8. The van der Waals surface area contributed by atoms with Gasteiger partial charge >= 0.3 is 0 Å². The number of quaternary nitrogens is 1. The maximum absolute atomic E-state index is 12.2. The van der Waals surface area contributed by atoms with Crippen molar-refractivity contribution in [2.75, 3.05) is 26.0 Å². The standard InChI is InChI=1S/C19H19ClN4O3/c1-24(11-17(25)21-15-6-8-16(26-2)9-7-15)12-18-22-19(23-27-18)13-4-3-5-14(20)10-13/h3-10H,11-12H2,1-2H3,(H,21,25)/p+1. The van der Waals surface area contributed by atoms with E-state index in [0.29, 0.717) is 23.3 Å². The van der Waals surface area contributed by atoms with Gasteiger partial charge < -0.3 is 19.5 Å². The molecular weight excluding hydrogens is 368 g/mol. The van der Waals surface area contributed by atoms with Gasteiger partial charge in [-0.25, -0.2) is 0 Å². The maximum Gasteiger partial charge on any atom is 0.282 e. The highest BCUT2D eigenvalue weighted by molar-refractivity contribution is 6.30. The van der Waals surface area contributed by atoms with E-state index in [9.17, 15) is 4.79 Å². The van der Waals surface area contributed by atoms with Crippen molar-refractivity contribution in [2.45, 2.75) is 6.54 Å². The molecule has 2 aromatic carbocycles. The van der Waals surface area contributed by atoms with Gasteiger partial charge in [0.25, 0.3) is 11.8 Å². The van der Waals surface area contributed by atoms with Crippen molar-refractivity contribution in [3.63, 3.8) is 0 Å². The number of benzene rings is 2. The number of nitrogens with zero attached hydrogens (tertiary/aromatic N) is 2. The van der Waals surface area contributed by atoms with Crippen LogP contribution in [0.3, 0.4) is 0 Å². The van der Waals surface area contributed by atoms with Crippen LogP contribution in [0.5, 0.6) is 5.75 Å². The van der Waals surface area contributed by atoms with E-state index in [1.807, 2.05) is 19.2 Å². The molecule has 3 rings (SSSR count). The van der Waals surface area contributed by atoms with Crippen LogP contribution in [0, 0.1) is 0 Å². The highest BCUT2D eigenvalue weighted by atomic mass is 35.5. The average Bonchev–Trinajstić information content (AvgIpc) is 3.10. The molecule has 1 amide bonds. The third-order valence-corrected chi connectivity index (χ3v) is 4.08. The van der Waals surface area contributed by atoms with E-state index in [-0.39, 0.29) is 12.5 Å². The Morgan fingerprint density at radius 1 is 1.26 bits per heavy atom. The van der Waals surface area contributed by atoms with Crippen LogP contribution in [-0.4, -0.2) is 36.8 Å². The number of amides is 1. The highest BCUT2D eigenvalue weighted by Crippen LogP contribution is 2.19. The summed E-state index contributed by atoms with van der Waals surface area (Å²) in [5.74, 6) is 1.57. The Labute approximate surface area is 161 Å². The van der Waals surface area contributed by atoms with Gasteiger partial charge in [0.1, 0.15) is 5.75 Å². The van der Waals surface area contributed by atoms with Crippen molar-refractivity contribution in [1.82, 2.24) is 10.1 Å². The third kappa shape index (κ3) is 5.29. The van der Waals surface area contributed by atoms with Crippen LogP contribution >= 0.6 is 11.6 Å². The number of methoxy groups -OCH3 is 1. The Hall–Kier alpha value is -2.90. The molecule has 0 aliphatic rings. The number of nitrogens with one attached hydrogen (secondary N) is 2. The molecule has 0 fully saturated rings. The molecule has 1 unspecified atom stereocenters. The first-order valence-corrected chi connectivity index (χ1v) is 8.75. The number of hydrogen-bond acceptors (Lipinski definition) is 5. The molecular formula is C19H20ClN4O3+. The summed E-state index contributed by atoms with van der Waals surface area (Å²) < 4.78 is 10.4. The minimum absolute atomic E-state index is 0.104. The summed E-state index contributed by atoms with van der Waals surface area (Å²) in [6.07, 6.45) is 0. The van der Waals surface area contributed by atoms with E-state index in [1.165, 1.54) is 0 Å². The summed E-state index contributed by atoms with van der Waals surface area (Å²) in [6.45, 7) is 0.699. The van der Waals surface area contributed by atoms with Crippen molar-refractivity contribution in [1.29, 1.82) is 0 Å². The molecule has 0 aliphatic carbocycles. The van der Waals surface area contributed by atoms with Crippen LogP contribution in [0.2, 0.25) is 5.02 Å². The number of halogens is 1. The van der Waals surface area contributed by atoms with Crippen molar-refractivity contribution in [2.24, 2.45) is 0 Å². The number of rotatable bonds is 7. The summed E-state index contributed by atoms with van der Waals surface area (Å²) in [5, 5.41) is 7.43. The predicted octanol–water partition coefficient (Wildman–Crippen LogP) is 2.05. The van der Waals surface area contributed by atoms with Crippen LogP contribution < -0.4 is 15.0 Å². The van der Waals surface area contributed by atoms with Crippen molar-refractivity contribution in [3.8, 4) is 17.1 Å². The van der Waals surface area contributed by atoms with E-state index < -0.39 is 0 Å². The van der Waals surface area contributed by atoms with Crippen LogP contribution in [0.1, 0.15) is 5.89 Å². The monoisotopic (exact) mass is 387 g/mol. The third-order valence-electron chi connectivity index (χ3n) is 3.84. The van der Waals surface area contributed by atoms with Gasteiger partial charge in [-0.1, -0.05) is 28.9 Å². The summed E-state index contributed by atoms with van der Waals surface area (Å²) in [7, 11) is 3.48.